The Morgan fingerprint density at radius 1 is 1.50 bits per heavy atom. The van der Waals surface area contributed by atoms with E-state index in [4.69, 9.17) is 16.3 Å². The molecule has 88 valence electrons. The van der Waals surface area contributed by atoms with E-state index < -0.39 is 0 Å². The lowest BCUT2D eigenvalue weighted by atomic mass is 10.2. The van der Waals surface area contributed by atoms with Gasteiger partial charge in [0.25, 0.3) is 0 Å². The fourth-order valence-corrected chi connectivity index (χ4v) is 1.93. The summed E-state index contributed by atoms with van der Waals surface area (Å²) in [4.78, 5) is 10.6. The Bertz CT molecular complexity index is 325. The van der Waals surface area contributed by atoms with E-state index in [9.17, 15) is 0 Å². The summed E-state index contributed by atoms with van der Waals surface area (Å²) >= 11 is 5.68. The van der Waals surface area contributed by atoms with Crippen molar-refractivity contribution >= 4 is 17.5 Å². The zero-order valence-electron chi connectivity index (χ0n) is 9.40. The second-order valence-corrected chi connectivity index (χ2v) is 4.31. The number of alkyl halides is 1. The molecule has 1 aliphatic rings. The molecule has 1 atom stereocenters. The molecule has 4 nitrogen and oxygen atoms in total. The lowest BCUT2D eigenvalue weighted by Crippen LogP contribution is -2.29. The van der Waals surface area contributed by atoms with Crippen LogP contribution < -0.4 is 4.90 Å². The van der Waals surface area contributed by atoms with Gasteiger partial charge in [0.2, 0.25) is 5.95 Å². The van der Waals surface area contributed by atoms with Crippen molar-refractivity contribution < 1.29 is 4.74 Å². The van der Waals surface area contributed by atoms with Gasteiger partial charge in [-0.25, -0.2) is 9.97 Å². The molecule has 0 bridgehead atoms. The monoisotopic (exact) mass is 241 g/mol. The summed E-state index contributed by atoms with van der Waals surface area (Å²) in [5.74, 6) is 1.18. The van der Waals surface area contributed by atoms with E-state index in [1.807, 2.05) is 11.9 Å². The number of aromatic nitrogens is 2. The van der Waals surface area contributed by atoms with Gasteiger partial charge in [-0.2, -0.15) is 0 Å². The summed E-state index contributed by atoms with van der Waals surface area (Å²) in [5, 5.41) is 0. The van der Waals surface area contributed by atoms with Crippen molar-refractivity contribution in [3.63, 3.8) is 0 Å². The van der Waals surface area contributed by atoms with E-state index >= 15 is 0 Å². The zero-order valence-corrected chi connectivity index (χ0v) is 10.2. The maximum atomic E-state index is 5.68. The van der Waals surface area contributed by atoms with Crippen LogP contribution in [0.25, 0.3) is 0 Å². The standard InChI is InChI=1S/C11H16ClN3O/c1-15(8-10-3-2-4-16-10)11-13-6-9(5-12)7-14-11/h6-7,10H,2-5,8H2,1H3. The smallest absolute Gasteiger partial charge is 0.225 e. The third-order valence-corrected chi connectivity index (χ3v) is 3.00. The van der Waals surface area contributed by atoms with Crippen LogP contribution in [-0.2, 0) is 10.6 Å². The minimum absolute atomic E-state index is 0.321. The van der Waals surface area contributed by atoms with Crippen molar-refractivity contribution in [1.29, 1.82) is 0 Å². The van der Waals surface area contributed by atoms with Crippen LogP contribution in [0.2, 0.25) is 0 Å². The molecule has 16 heavy (non-hydrogen) atoms. The molecule has 1 unspecified atom stereocenters. The molecule has 0 N–H and O–H groups in total. The van der Waals surface area contributed by atoms with Crippen molar-refractivity contribution in [2.24, 2.45) is 0 Å². The first-order valence-corrected chi connectivity index (χ1v) is 6.02. The fourth-order valence-electron chi connectivity index (χ4n) is 1.79. The number of anilines is 1. The van der Waals surface area contributed by atoms with Crippen LogP contribution in [0.15, 0.2) is 12.4 Å². The van der Waals surface area contributed by atoms with Crippen molar-refractivity contribution in [1.82, 2.24) is 9.97 Å². The maximum Gasteiger partial charge on any atom is 0.225 e. The van der Waals surface area contributed by atoms with Crippen LogP contribution in [0.4, 0.5) is 5.95 Å². The first-order valence-electron chi connectivity index (χ1n) is 5.49. The minimum Gasteiger partial charge on any atom is -0.376 e. The Morgan fingerprint density at radius 3 is 2.81 bits per heavy atom. The van der Waals surface area contributed by atoms with Gasteiger partial charge >= 0.3 is 0 Å². The Balaban J connectivity index is 1.94. The van der Waals surface area contributed by atoms with Crippen LogP contribution in [-0.4, -0.2) is 36.3 Å². The molecule has 1 aliphatic heterocycles. The molecule has 5 heteroatoms. The third-order valence-electron chi connectivity index (χ3n) is 2.69. The summed E-state index contributed by atoms with van der Waals surface area (Å²) in [7, 11) is 1.98. The Labute approximate surface area is 101 Å². The number of nitrogens with zero attached hydrogens (tertiary/aromatic N) is 3. The second-order valence-electron chi connectivity index (χ2n) is 4.04. The van der Waals surface area contributed by atoms with Crippen molar-refractivity contribution in [2.75, 3.05) is 25.1 Å². The molecule has 0 aliphatic carbocycles. The first kappa shape index (κ1) is 11.6. The summed E-state index contributed by atoms with van der Waals surface area (Å²) in [6.45, 7) is 1.73. The number of hydrogen-bond acceptors (Lipinski definition) is 4. The quantitative estimate of drug-likeness (QED) is 0.754. The highest BCUT2D eigenvalue weighted by atomic mass is 35.5. The normalized spacial score (nSPS) is 20.0. The first-order chi connectivity index (χ1) is 7.79. The van der Waals surface area contributed by atoms with Gasteiger partial charge in [-0.05, 0) is 12.8 Å². The molecule has 0 radical (unpaired) electrons. The summed E-state index contributed by atoms with van der Waals surface area (Å²) in [6, 6.07) is 0. The van der Waals surface area contributed by atoms with Gasteiger partial charge in [0, 0.05) is 38.2 Å². The average molecular weight is 242 g/mol. The minimum atomic E-state index is 0.321. The molecule has 1 aromatic rings. The second kappa shape index (κ2) is 5.46. The van der Waals surface area contributed by atoms with Gasteiger partial charge in [-0.15, -0.1) is 11.6 Å². The SMILES string of the molecule is CN(CC1CCCO1)c1ncc(CCl)cn1. The molecule has 0 aromatic carbocycles. The predicted octanol–water partition coefficient (Wildman–Crippen LogP) is 1.83. The highest BCUT2D eigenvalue weighted by Gasteiger charge is 2.18. The van der Waals surface area contributed by atoms with Crippen LogP contribution in [0.3, 0.4) is 0 Å². The van der Waals surface area contributed by atoms with E-state index in [1.54, 1.807) is 12.4 Å². The maximum absolute atomic E-state index is 5.68. The number of halogens is 1. The van der Waals surface area contributed by atoms with Crippen molar-refractivity contribution in [3.8, 4) is 0 Å². The highest BCUT2D eigenvalue weighted by molar-refractivity contribution is 6.17. The van der Waals surface area contributed by atoms with E-state index in [1.165, 1.54) is 0 Å². The van der Waals surface area contributed by atoms with E-state index in [0.717, 1.165) is 37.5 Å². The van der Waals surface area contributed by atoms with E-state index in [0.29, 0.717) is 12.0 Å². The largest absolute Gasteiger partial charge is 0.376 e. The van der Waals surface area contributed by atoms with Gasteiger partial charge in [0.15, 0.2) is 0 Å². The molecular formula is C11H16ClN3O. The van der Waals surface area contributed by atoms with E-state index in [-0.39, 0.29) is 0 Å². The van der Waals surface area contributed by atoms with Gasteiger partial charge in [0.1, 0.15) is 0 Å². The molecule has 0 amide bonds. The average Bonchev–Trinajstić information content (AvgIpc) is 2.82. The molecule has 0 saturated carbocycles. The number of likely N-dealkylation sites (N-methyl/N-ethyl adjacent to an activating group) is 1. The molecule has 1 fully saturated rings. The third kappa shape index (κ3) is 2.83. The Morgan fingerprint density at radius 2 is 2.25 bits per heavy atom. The number of rotatable bonds is 4. The molecule has 0 spiro atoms. The predicted molar refractivity (Wildman–Crippen MR) is 63.8 cm³/mol. The van der Waals surface area contributed by atoms with Crippen molar-refractivity contribution in [2.45, 2.75) is 24.8 Å². The van der Waals surface area contributed by atoms with Crippen LogP contribution >= 0.6 is 11.6 Å². The lowest BCUT2D eigenvalue weighted by Gasteiger charge is -2.20. The Hall–Kier alpha value is -0.870. The molecule has 2 heterocycles. The fraction of sp³-hybridized carbons (Fsp3) is 0.636. The van der Waals surface area contributed by atoms with Gasteiger partial charge in [-0.1, -0.05) is 0 Å². The highest BCUT2D eigenvalue weighted by Crippen LogP contribution is 2.15. The lowest BCUT2D eigenvalue weighted by molar-refractivity contribution is 0.116. The van der Waals surface area contributed by atoms with Crippen LogP contribution in [0.5, 0.6) is 0 Å². The van der Waals surface area contributed by atoms with Crippen LogP contribution in [0.1, 0.15) is 18.4 Å². The molecular weight excluding hydrogens is 226 g/mol. The molecule has 1 aromatic heterocycles. The van der Waals surface area contributed by atoms with E-state index in [2.05, 4.69) is 9.97 Å². The molecule has 2 rings (SSSR count). The number of hydrogen-bond donors (Lipinski definition) is 0. The van der Waals surface area contributed by atoms with Gasteiger partial charge < -0.3 is 9.64 Å². The summed E-state index contributed by atoms with van der Waals surface area (Å²) < 4.78 is 5.57. The topological polar surface area (TPSA) is 38.2 Å². The zero-order chi connectivity index (χ0) is 11.4. The Kier molecular flexibility index (Phi) is 3.96. The summed E-state index contributed by atoms with van der Waals surface area (Å²) in [5.41, 5.74) is 0.941. The van der Waals surface area contributed by atoms with Gasteiger partial charge in [-0.3, -0.25) is 0 Å². The number of ether oxygens (including phenoxy) is 1. The van der Waals surface area contributed by atoms with Crippen molar-refractivity contribution in [3.05, 3.63) is 18.0 Å². The molecule has 1 saturated heterocycles. The van der Waals surface area contributed by atoms with Crippen LogP contribution in [0, 0.1) is 0 Å². The van der Waals surface area contributed by atoms with Gasteiger partial charge in [0.05, 0.1) is 12.0 Å². The summed E-state index contributed by atoms with van der Waals surface area (Å²) in [6.07, 6.45) is 6.14.